The van der Waals surface area contributed by atoms with E-state index in [2.05, 4.69) is 15.9 Å². The lowest BCUT2D eigenvalue weighted by Crippen LogP contribution is -2.37. The molecule has 1 unspecified atom stereocenters. The topological polar surface area (TPSA) is 38.8 Å². The Morgan fingerprint density at radius 3 is 2.82 bits per heavy atom. The van der Waals surface area contributed by atoms with Gasteiger partial charge in [0, 0.05) is 11.0 Å². The van der Waals surface area contributed by atoms with Crippen molar-refractivity contribution in [2.45, 2.75) is 13.0 Å². The van der Waals surface area contributed by atoms with Crippen LogP contribution in [0.25, 0.3) is 0 Å². The number of halogens is 1. The summed E-state index contributed by atoms with van der Waals surface area (Å²) in [6.45, 7) is 3.44. The van der Waals surface area contributed by atoms with E-state index in [0.29, 0.717) is 19.8 Å². The van der Waals surface area contributed by atoms with E-state index in [-0.39, 0.29) is 12.1 Å². The number of cyclic esters (lactones) is 1. The van der Waals surface area contributed by atoms with Crippen molar-refractivity contribution in [2.75, 3.05) is 19.8 Å². The molecule has 1 saturated heterocycles. The third-order valence-corrected chi connectivity index (χ3v) is 3.20. The Hall–Kier alpha value is -1.23. The zero-order valence-corrected chi connectivity index (χ0v) is 11.1. The Bertz CT molecular complexity index is 393. The van der Waals surface area contributed by atoms with Crippen LogP contribution in [0.3, 0.4) is 0 Å². The van der Waals surface area contributed by atoms with Gasteiger partial charge in [0.25, 0.3) is 0 Å². The van der Waals surface area contributed by atoms with Crippen molar-refractivity contribution in [3.05, 3.63) is 28.7 Å². The lowest BCUT2D eigenvalue weighted by Gasteiger charge is -2.19. The first-order valence-corrected chi connectivity index (χ1v) is 6.31. The number of likely N-dealkylation sites (N-methyl/N-ethyl adjacent to an activating group) is 1. The molecule has 5 heteroatoms. The van der Waals surface area contributed by atoms with E-state index >= 15 is 0 Å². The van der Waals surface area contributed by atoms with E-state index < -0.39 is 0 Å². The number of rotatable bonds is 4. The minimum absolute atomic E-state index is 0.0103. The van der Waals surface area contributed by atoms with Crippen LogP contribution in [0.4, 0.5) is 4.79 Å². The molecular weight excluding hydrogens is 286 g/mol. The second-order valence-electron chi connectivity index (χ2n) is 3.78. The Morgan fingerprint density at radius 2 is 2.18 bits per heavy atom. The highest BCUT2D eigenvalue weighted by Gasteiger charge is 2.31. The maximum absolute atomic E-state index is 11.3. The van der Waals surface area contributed by atoms with Crippen LogP contribution in [0.1, 0.15) is 6.92 Å². The normalized spacial score (nSPS) is 19.3. The molecule has 0 spiro atoms. The van der Waals surface area contributed by atoms with Crippen LogP contribution >= 0.6 is 15.9 Å². The molecule has 0 saturated carbocycles. The van der Waals surface area contributed by atoms with E-state index in [9.17, 15) is 4.79 Å². The number of hydrogen-bond donors (Lipinski definition) is 0. The third-order valence-electron chi connectivity index (χ3n) is 2.67. The molecule has 1 fully saturated rings. The number of amides is 1. The summed E-state index contributed by atoms with van der Waals surface area (Å²) < 4.78 is 11.6. The molecule has 1 aliphatic rings. The number of carbonyl (C=O) groups excluding carboxylic acids is 1. The monoisotopic (exact) mass is 299 g/mol. The molecule has 1 atom stereocenters. The first kappa shape index (κ1) is 12.2. The average Bonchev–Trinajstić information content (AvgIpc) is 2.69. The molecule has 1 aliphatic heterocycles. The molecule has 17 heavy (non-hydrogen) atoms. The number of benzene rings is 1. The standard InChI is InChI=1S/C12H14BrNO3/c1-2-14-10(8-17-12(14)15)7-16-11-5-3-9(13)4-6-11/h3-6,10H,2,7-8H2,1H3. The van der Waals surface area contributed by atoms with Crippen molar-refractivity contribution >= 4 is 22.0 Å². The lowest BCUT2D eigenvalue weighted by molar-refractivity contribution is 0.157. The average molecular weight is 300 g/mol. The zero-order valence-electron chi connectivity index (χ0n) is 9.56. The van der Waals surface area contributed by atoms with Crippen LogP contribution in [0, 0.1) is 0 Å². The number of hydrogen-bond acceptors (Lipinski definition) is 3. The summed E-state index contributed by atoms with van der Waals surface area (Å²) in [5.74, 6) is 0.795. The quantitative estimate of drug-likeness (QED) is 0.858. The fraction of sp³-hybridized carbons (Fsp3) is 0.417. The molecule has 1 heterocycles. The number of nitrogens with zero attached hydrogens (tertiary/aromatic N) is 1. The highest BCUT2D eigenvalue weighted by Crippen LogP contribution is 2.18. The molecule has 2 rings (SSSR count). The fourth-order valence-corrected chi connectivity index (χ4v) is 2.00. The van der Waals surface area contributed by atoms with Crippen molar-refractivity contribution in [1.29, 1.82) is 0 Å². The molecule has 1 aromatic carbocycles. The first-order valence-electron chi connectivity index (χ1n) is 5.52. The molecule has 0 N–H and O–H groups in total. The fourth-order valence-electron chi connectivity index (χ4n) is 1.74. The van der Waals surface area contributed by atoms with E-state index in [4.69, 9.17) is 9.47 Å². The molecule has 0 aliphatic carbocycles. The van der Waals surface area contributed by atoms with Crippen LogP contribution in [-0.2, 0) is 4.74 Å². The third kappa shape index (κ3) is 2.91. The molecule has 1 aromatic rings. The van der Waals surface area contributed by atoms with E-state index in [0.717, 1.165) is 10.2 Å². The van der Waals surface area contributed by atoms with Gasteiger partial charge >= 0.3 is 6.09 Å². The van der Waals surface area contributed by atoms with Crippen molar-refractivity contribution in [1.82, 2.24) is 4.90 Å². The predicted octanol–water partition coefficient (Wildman–Crippen LogP) is 2.67. The second-order valence-corrected chi connectivity index (χ2v) is 4.70. The van der Waals surface area contributed by atoms with Crippen LogP contribution in [-0.4, -0.2) is 36.8 Å². The summed E-state index contributed by atoms with van der Waals surface area (Å²) in [5, 5.41) is 0. The second kappa shape index (κ2) is 5.40. The molecule has 0 aromatic heterocycles. The van der Waals surface area contributed by atoms with Crippen LogP contribution in [0.2, 0.25) is 0 Å². The van der Waals surface area contributed by atoms with Crippen molar-refractivity contribution < 1.29 is 14.3 Å². The van der Waals surface area contributed by atoms with Gasteiger partial charge in [-0.15, -0.1) is 0 Å². The summed E-state index contributed by atoms with van der Waals surface area (Å²) in [7, 11) is 0. The smallest absolute Gasteiger partial charge is 0.410 e. The van der Waals surface area contributed by atoms with Gasteiger partial charge in [-0.1, -0.05) is 15.9 Å². The molecular formula is C12H14BrNO3. The predicted molar refractivity (Wildman–Crippen MR) is 67.2 cm³/mol. The van der Waals surface area contributed by atoms with Crippen LogP contribution < -0.4 is 4.74 Å². The van der Waals surface area contributed by atoms with Gasteiger partial charge in [-0.2, -0.15) is 0 Å². The van der Waals surface area contributed by atoms with Gasteiger partial charge < -0.3 is 9.47 Å². The summed E-state index contributed by atoms with van der Waals surface area (Å²) in [6, 6.07) is 7.62. The largest absolute Gasteiger partial charge is 0.491 e. The van der Waals surface area contributed by atoms with Gasteiger partial charge in [0.15, 0.2) is 0 Å². The Kier molecular flexibility index (Phi) is 3.89. The summed E-state index contributed by atoms with van der Waals surface area (Å²) >= 11 is 3.36. The van der Waals surface area contributed by atoms with Gasteiger partial charge in [0.1, 0.15) is 25.0 Å². The molecule has 1 amide bonds. The van der Waals surface area contributed by atoms with Gasteiger partial charge in [-0.3, -0.25) is 4.90 Å². The van der Waals surface area contributed by atoms with E-state index in [1.165, 1.54) is 0 Å². The van der Waals surface area contributed by atoms with Gasteiger partial charge in [0.2, 0.25) is 0 Å². The number of ether oxygens (including phenoxy) is 2. The van der Waals surface area contributed by atoms with Gasteiger partial charge in [-0.05, 0) is 31.2 Å². The molecule has 0 radical (unpaired) electrons. The lowest BCUT2D eigenvalue weighted by atomic mass is 10.3. The maximum atomic E-state index is 11.3. The zero-order chi connectivity index (χ0) is 12.3. The molecule has 0 bridgehead atoms. The van der Waals surface area contributed by atoms with E-state index in [1.54, 1.807) is 4.90 Å². The Labute approximate surface area is 109 Å². The highest BCUT2D eigenvalue weighted by molar-refractivity contribution is 9.10. The minimum Gasteiger partial charge on any atom is -0.491 e. The van der Waals surface area contributed by atoms with Crippen molar-refractivity contribution in [2.24, 2.45) is 0 Å². The van der Waals surface area contributed by atoms with Gasteiger partial charge in [-0.25, -0.2) is 4.79 Å². The van der Waals surface area contributed by atoms with Crippen molar-refractivity contribution in [3.8, 4) is 5.75 Å². The maximum Gasteiger partial charge on any atom is 0.410 e. The molecule has 4 nitrogen and oxygen atoms in total. The minimum atomic E-state index is -0.253. The first-order chi connectivity index (χ1) is 8.20. The Balaban J connectivity index is 1.90. The summed E-state index contributed by atoms with van der Waals surface area (Å²) in [4.78, 5) is 13.0. The summed E-state index contributed by atoms with van der Waals surface area (Å²) in [5.41, 5.74) is 0. The van der Waals surface area contributed by atoms with Gasteiger partial charge in [0.05, 0.1) is 0 Å². The van der Waals surface area contributed by atoms with Crippen LogP contribution in [0.15, 0.2) is 28.7 Å². The highest BCUT2D eigenvalue weighted by atomic mass is 79.9. The van der Waals surface area contributed by atoms with Crippen molar-refractivity contribution in [3.63, 3.8) is 0 Å². The SMILES string of the molecule is CCN1C(=O)OCC1COc1ccc(Br)cc1. The summed E-state index contributed by atoms with van der Waals surface area (Å²) in [6.07, 6.45) is -0.253. The molecule has 92 valence electrons. The van der Waals surface area contributed by atoms with Crippen LogP contribution in [0.5, 0.6) is 5.75 Å². The van der Waals surface area contributed by atoms with E-state index in [1.807, 2.05) is 31.2 Å². The number of carbonyl (C=O) groups is 1. The Morgan fingerprint density at radius 1 is 1.47 bits per heavy atom.